The lowest BCUT2D eigenvalue weighted by atomic mass is 10.3. The Morgan fingerprint density at radius 3 is 2.83 bits per heavy atom. The van der Waals surface area contributed by atoms with Crippen molar-refractivity contribution >= 4 is 28.9 Å². The van der Waals surface area contributed by atoms with Crippen LogP contribution in [0.2, 0.25) is 5.15 Å². The molecule has 1 heterocycles. The van der Waals surface area contributed by atoms with Crippen molar-refractivity contribution in [2.24, 2.45) is 0 Å². The van der Waals surface area contributed by atoms with Crippen molar-refractivity contribution in [1.82, 2.24) is 10.2 Å². The summed E-state index contributed by atoms with van der Waals surface area (Å²) in [6.07, 6.45) is 0.496. The third kappa shape index (κ3) is 2.71. The van der Waals surface area contributed by atoms with Gasteiger partial charge in [0.25, 0.3) is 0 Å². The Balaban J connectivity index is 2.64. The first-order valence-corrected chi connectivity index (χ1v) is 4.06. The van der Waals surface area contributed by atoms with Gasteiger partial charge < -0.3 is 4.74 Å². The van der Waals surface area contributed by atoms with Crippen LogP contribution in [0.25, 0.3) is 0 Å². The molecule has 0 aromatic carbocycles. The van der Waals surface area contributed by atoms with E-state index in [0.717, 1.165) is 5.69 Å². The number of nitrogens with zero attached hydrogens (tertiary/aromatic N) is 2. The summed E-state index contributed by atoms with van der Waals surface area (Å²) in [5, 5.41) is 8.35. The van der Waals surface area contributed by atoms with Crippen LogP contribution in [-0.4, -0.2) is 22.4 Å². The van der Waals surface area contributed by atoms with Crippen molar-refractivity contribution in [1.29, 1.82) is 0 Å². The average Bonchev–Trinajstić information content (AvgIpc) is 2.09. The summed E-state index contributed by atoms with van der Waals surface area (Å²) < 4.78 is 4.82. The van der Waals surface area contributed by atoms with Crippen LogP contribution in [0, 0.1) is 0 Å². The monoisotopic (exact) mass is 202 g/mol. The zero-order chi connectivity index (χ0) is 8.97. The minimum atomic E-state index is 0.377. The second-order valence-electron chi connectivity index (χ2n) is 2.10. The molecule has 5 heteroatoms. The summed E-state index contributed by atoms with van der Waals surface area (Å²) in [5.41, 5.74) is 0.756. The third-order valence-corrected chi connectivity index (χ3v) is 1.75. The van der Waals surface area contributed by atoms with Crippen molar-refractivity contribution in [2.45, 2.75) is 6.42 Å². The molecule has 0 radical (unpaired) electrons. The number of aromatic nitrogens is 2. The van der Waals surface area contributed by atoms with Crippen LogP contribution < -0.4 is 0 Å². The van der Waals surface area contributed by atoms with Gasteiger partial charge in [0.05, 0.1) is 19.2 Å². The highest BCUT2D eigenvalue weighted by molar-refractivity contribution is 7.80. The van der Waals surface area contributed by atoms with E-state index in [1.807, 2.05) is 0 Å². The fourth-order valence-electron chi connectivity index (χ4n) is 0.658. The molecule has 0 fully saturated rings. The van der Waals surface area contributed by atoms with Crippen LogP contribution in [0.3, 0.4) is 0 Å². The maximum atomic E-state index is 5.54. The predicted molar refractivity (Wildman–Crippen MR) is 50.4 cm³/mol. The molecule has 0 saturated heterocycles. The lowest BCUT2D eigenvalue weighted by molar-refractivity contribution is 0.405. The highest BCUT2D eigenvalue weighted by atomic mass is 35.5. The number of halogens is 1. The van der Waals surface area contributed by atoms with Crippen LogP contribution in [0.15, 0.2) is 12.1 Å². The topological polar surface area (TPSA) is 35.0 Å². The molecule has 0 atom stereocenters. The Labute approximate surface area is 80.7 Å². The zero-order valence-electron chi connectivity index (χ0n) is 6.45. The molecule has 64 valence electrons. The van der Waals surface area contributed by atoms with Gasteiger partial charge in [0, 0.05) is 0 Å². The molecule has 1 rings (SSSR count). The van der Waals surface area contributed by atoms with Gasteiger partial charge in [-0.1, -0.05) is 11.6 Å². The van der Waals surface area contributed by atoms with Crippen molar-refractivity contribution in [3.8, 4) is 0 Å². The predicted octanol–water partition coefficient (Wildman–Crippen LogP) is 1.65. The lowest BCUT2D eigenvalue weighted by Gasteiger charge is -1.99. The summed E-state index contributed by atoms with van der Waals surface area (Å²) in [6, 6.07) is 3.43. The average molecular weight is 203 g/mol. The molecular weight excluding hydrogens is 196 g/mol. The van der Waals surface area contributed by atoms with Crippen molar-refractivity contribution in [2.75, 3.05) is 7.11 Å². The fraction of sp³-hybridized carbons (Fsp3) is 0.286. The van der Waals surface area contributed by atoms with Gasteiger partial charge in [-0.15, -0.1) is 5.10 Å². The maximum absolute atomic E-state index is 5.54. The number of hydrogen-bond donors (Lipinski definition) is 0. The van der Waals surface area contributed by atoms with Gasteiger partial charge in [0.15, 0.2) is 10.2 Å². The second kappa shape index (κ2) is 4.33. The summed E-state index contributed by atoms with van der Waals surface area (Å²) in [4.78, 5) is 0. The summed E-state index contributed by atoms with van der Waals surface area (Å²) in [5.74, 6) is 0. The standard InChI is InChI=1S/C7H7ClN2OS/c1-11-7(12)4-5-2-3-6(8)10-9-5/h2-3H,4H2,1H3. The molecule has 0 N–H and O–H groups in total. The molecule has 0 aliphatic carbocycles. The van der Waals surface area contributed by atoms with Crippen LogP contribution >= 0.6 is 23.8 Å². The molecule has 0 aliphatic heterocycles. The Kier molecular flexibility index (Phi) is 3.37. The zero-order valence-corrected chi connectivity index (χ0v) is 8.02. The Hall–Kier alpha value is -0.740. The van der Waals surface area contributed by atoms with E-state index in [2.05, 4.69) is 10.2 Å². The summed E-state index contributed by atoms with van der Waals surface area (Å²) in [6.45, 7) is 0. The molecule has 0 saturated carbocycles. The lowest BCUT2D eigenvalue weighted by Crippen LogP contribution is -2.04. The first-order valence-electron chi connectivity index (χ1n) is 3.27. The number of ether oxygens (including phenoxy) is 1. The first-order chi connectivity index (χ1) is 5.72. The normalized spacial score (nSPS) is 9.50. The van der Waals surface area contributed by atoms with E-state index in [1.165, 1.54) is 7.11 Å². The molecule has 0 amide bonds. The molecule has 1 aromatic rings. The smallest absolute Gasteiger partial charge is 0.165 e. The van der Waals surface area contributed by atoms with Crippen LogP contribution in [0.1, 0.15) is 5.69 Å². The van der Waals surface area contributed by atoms with E-state index in [0.29, 0.717) is 16.6 Å². The number of hydrogen-bond acceptors (Lipinski definition) is 4. The van der Waals surface area contributed by atoms with Gasteiger partial charge in [-0.3, -0.25) is 0 Å². The summed E-state index contributed by atoms with van der Waals surface area (Å²) >= 11 is 10.4. The van der Waals surface area contributed by atoms with Crippen molar-refractivity contribution < 1.29 is 4.74 Å². The van der Waals surface area contributed by atoms with Crippen molar-refractivity contribution in [3.63, 3.8) is 0 Å². The maximum Gasteiger partial charge on any atom is 0.165 e. The minimum Gasteiger partial charge on any atom is -0.490 e. The molecule has 0 unspecified atom stereocenters. The molecule has 0 spiro atoms. The molecular formula is C7H7ClN2OS. The van der Waals surface area contributed by atoms with E-state index in [9.17, 15) is 0 Å². The molecule has 1 aromatic heterocycles. The molecule has 3 nitrogen and oxygen atoms in total. The second-order valence-corrected chi connectivity index (χ2v) is 2.94. The first kappa shape index (κ1) is 9.35. The minimum absolute atomic E-state index is 0.377. The van der Waals surface area contributed by atoms with Crippen LogP contribution in [0.4, 0.5) is 0 Å². The molecule has 0 aliphatic rings. The van der Waals surface area contributed by atoms with Crippen LogP contribution in [0.5, 0.6) is 0 Å². The Morgan fingerprint density at radius 1 is 1.58 bits per heavy atom. The van der Waals surface area contributed by atoms with Gasteiger partial charge in [0.1, 0.15) is 0 Å². The van der Waals surface area contributed by atoms with E-state index >= 15 is 0 Å². The highest BCUT2D eigenvalue weighted by Crippen LogP contribution is 2.03. The van der Waals surface area contributed by atoms with E-state index < -0.39 is 0 Å². The SMILES string of the molecule is COC(=S)Cc1ccc(Cl)nn1. The number of rotatable bonds is 2. The van der Waals surface area contributed by atoms with E-state index in [-0.39, 0.29) is 0 Å². The Bertz CT molecular complexity index is 275. The molecule has 12 heavy (non-hydrogen) atoms. The number of thiocarbonyl (C=S) groups is 1. The van der Waals surface area contributed by atoms with Gasteiger partial charge >= 0.3 is 0 Å². The third-order valence-electron chi connectivity index (χ3n) is 1.24. The van der Waals surface area contributed by atoms with E-state index in [4.69, 9.17) is 28.6 Å². The quantitative estimate of drug-likeness (QED) is 0.684. The van der Waals surface area contributed by atoms with Gasteiger partial charge in [-0.2, -0.15) is 5.10 Å². The fourth-order valence-corrected chi connectivity index (χ4v) is 0.907. The largest absolute Gasteiger partial charge is 0.490 e. The Morgan fingerprint density at radius 2 is 2.33 bits per heavy atom. The van der Waals surface area contributed by atoms with Crippen molar-refractivity contribution in [3.05, 3.63) is 23.0 Å². The van der Waals surface area contributed by atoms with E-state index in [1.54, 1.807) is 12.1 Å². The van der Waals surface area contributed by atoms with Gasteiger partial charge in [-0.05, 0) is 24.4 Å². The highest BCUT2D eigenvalue weighted by Gasteiger charge is 2.00. The number of methoxy groups -OCH3 is 1. The van der Waals surface area contributed by atoms with Gasteiger partial charge in [0.2, 0.25) is 0 Å². The summed E-state index contributed by atoms with van der Waals surface area (Å²) in [7, 11) is 1.53. The van der Waals surface area contributed by atoms with Gasteiger partial charge in [-0.25, -0.2) is 0 Å². The molecule has 0 bridgehead atoms. The van der Waals surface area contributed by atoms with Crippen LogP contribution in [-0.2, 0) is 11.2 Å².